The monoisotopic (exact) mass is 342 g/mol. The summed E-state index contributed by atoms with van der Waals surface area (Å²) < 4.78 is 7.97. The highest BCUT2D eigenvalue weighted by molar-refractivity contribution is 14.1. The van der Waals surface area contributed by atoms with Crippen LogP contribution in [0, 0.1) is 0 Å². The number of rotatable bonds is 2. The van der Waals surface area contributed by atoms with E-state index in [1.54, 1.807) is 11.3 Å². The first-order valence-corrected chi connectivity index (χ1v) is 7.36. The average molecular weight is 343 g/mol. The van der Waals surface area contributed by atoms with E-state index in [0.717, 1.165) is 21.6 Å². The maximum absolute atomic E-state index is 6.04. The predicted octanol–water partition coefficient (Wildman–Crippen LogP) is 4.23. The van der Waals surface area contributed by atoms with Gasteiger partial charge in [-0.15, -0.1) is 11.3 Å². The zero-order valence-electron chi connectivity index (χ0n) is 7.93. The molecule has 14 heavy (non-hydrogen) atoms. The molecule has 1 aliphatic rings. The summed E-state index contributed by atoms with van der Waals surface area (Å²) in [7, 11) is 0. The highest BCUT2D eigenvalue weighted by atomic mass is 127. The van der Waals surface area contributed by atoms with Crippen molar-refractivity contribution in [1.82, 2.24) is 0 Å². The lowest BCUT2D eigenvalue weighted by molar-refractivity contribution is -0.0188. The van der Waals surface area contributed by atoms with Gasteiger partial charge in [0.25, 0.3) is 0 Å². The van der Waals surface area contributed by atoms with E-state index in [4.69, 9.17) is 16.3 Å². The Balaban J connectivity index is 2.18. The summed E-state index contributed by atoms with van der Waals surface area (Å²) in [5, 5.41) is 0. The predicted molar refractivity (Wildman–Crippen MR) is 69.7 cm³/mol. The van der Waals surface area contributed by atoms with E-state index in [1.807, 2.05) is 6.07 Å². The Morgan fingerprint density at radius 1 is 1.71 bits per heavy atom. The molecule has 0 spiro atoms. The normalized spacial score (nSPS) is 32.4. The van der Waals surface area contributed by atoms with Crippen molar-refractivity contribution in [2.24, 2.45) is 0 Å². The van der Waals surface area contributed by atoms with Crippen LogP contribution in [-0.2, 0) is 10.3 Å². The van der Waals surface area contributed by atoms with Crippen molar-refractivity contribution >= 4 is 45.5 Å². The molecule has 1 nitrogen and oxygen atoms in total. The lowest BCUT2D eigenvalue weighted by atomic mass is 10.0. The molecular weight excluding hydrogens is 331 g/mol. The van der Waals surface area contributed by atoms with E-state index in [-0.39, 0.29) is 5.60 Å². The van der Waals surface area contributed by atoms with Crippen LogP contribution in [0.3, 0.4) is 0 Å². The number of ether oxygens (including phenoxy) is 1. The molecule has 1 saturated heterocycles. The third kappa shape index (κ3) is 2.10. The van der Waals surface area contributed by atoms with E-state index in [2.05, 4.69) is 35.6 Å². The van der Waals surface area contributed by atoms with Gasteiger partial charge >= 0.3 is 0 Å². The van der Waals surface area contributed by atoms with Gasteiger partial charge in [-0.3, -0.25) is 0 Å². The first kappa shape index (κ1) is 11.2. The average Bonchev–Trinajstić information content (AvgIpc) is 2.73. The Morgan fingerprint density at radius 2 is 2.50 bits per heavy atom. The van der Waals surface area contributed by atoms with Crippen LogP contribution in [0.4, 0.5) is 0 Å². The summed E-state index contributed by atoms with van der Waals surface area (Å²) in [5.41, 5.74) is -0.0896. The van der Waals surface area contributed by atoms with Crippen LogP contribution in [0.2, 0.25) is 4.34 Å². The topological polar surface area (TPSA) is 9.23 Å². The lowest BCUT2D eigenvalue weighted by Gasteiger charge is -2.23. The largest absolute Gasteiger partial charge is 0.366 e. The van der Waals surface area contributed by atoms with Crippen molar-refractivity contribution in [2.45, 2.75) is 31.5 Å². The van der Waals surface area contributed by atoms with E-state index >= 15 is 0 Å². The maximum atomic E-state index is 6.04. The van der Waals surface area contributed by atoms with E-state index in [1.165, 1.54) is 4.88 Å². The van der Waals surface area contributed by atoms with Gasteiger partial charge in [0.2, 0.25) is 0 Å². The third-order valence-corrected chi connectivity index (χ3v) is 5.10. The molecule has 1 fully saturated rings. The molecular formula is C10H12ClIOS. The fourth-order valence-corrected chi connectivity index (χ4v) is 3.59. The molecule has 0 radical (unpaired) electrons. The Labute approximate surface area is 107 Å². The number of thiophene rings is 1. The summed E-state index contributed by atoms with van der Waals surface area (Å²) in [6, 6.07) is 4.04. The molecule has 1 aromatic heterocycles. The van der Waals surface area contributed by atoms with Gasteiger partial charge in [0, 0.05) is 9.30 Å². The van der Waals surface area contributed by atoms with Gasteiger partial charge in [-0.1, -0.05) is 34.2 Å². The van der Waals surface area contributed by atoms with Crippen LogP contribution < -0.4 is 0 Å². The highest BCUT2D eigenvalue weighted by Gasteiger charge is 2.37. The van der Waals surface area contributed by atoms with E-state index in [0.29, 0.717) is 6.10 Å². The van der Waals surface area contributed by atoms with Crippen LogP contribution in [0.15, 0.2) is 12.1 Å². The Morgan fingerprint density at radius 3 is 3.00 bits per heavy atom. The molecule has 2 atom stereocenters. The molecule has 1 aliphatic heterocycles. The van der Waals surface area contributed by atoms with Crippen LogP contribution in [0.1, 0.15) is 24.6 Å². The molecule has 4 heteroatoms. The lowest BCUT2D eigenvalue weighted by Crippen LogP contribution is -2.21. The van der Waals surface area contributed by atoms with Crippen LogP contribution >= 0.6 is 45.5 Å². The highest BCUT2D eigenvalue weighted by Crippen LogP contribution is 2.43. The fraction of sp³-hybridized carbons (Fsp3) is 0.600. The van der Waals surface area contributed by atoms with Gasteiger partial charge in [-0.25, -0.2) is 0 Å². The van der Waals surface area contributed by atoms with Crippen molar-refractivity contribution in [1.29, 1.82) is 0 Å². The molecule has 0 bridgehead atoms. The third-order valence-electron chi connectivity index (χ3n) is 2.64. The van der Waals surface area contributed by atoms with E-state index in [9.17, 15) is 0 Å². The molecule has 0 aliphatic carbocycles. The molecule has 0 saturated carbocycles. The zero-order valence-corrected chi connectivity index (χ0v) is 11.7. The molecule has 78 valence electrons. The summed E-state index contributed by atoms with van der Waals surface area (Å²) in [6.45, 7) is 2.17. The van der Waals surface area contributed by atoms with Gasteiger partial charge in [0.05, 0.1) is 16.0 Å². The van der Waals surface area contributed by atoms with Crippen LogP contribution in [0.25, 0.3) is 0 Å². The second-order valence-corrected chi connectivity index (χ2v) is 6.36. The van der Waals surface area contributed by atoms with Gasteiger partial charge in [-0.05, 0) is 31.9 Å². The van der Waals surface area contributed by atoms with Crippen LogP contribution in [0.5, 0.6) is 0 Å². The second-order valence-electron chi connectivity index (χ2n) is 3.77. The van der Waals surface area contributed by atoms with Crippen molar-refractivity contribution in [2.75, 3.05) is 4.43 Å². The molecule has 0 amide bonds. The number of hydrogen-bond acceptors (Lipinski definition) is 2. The molecule has 0 N–H and O–H groups in total. The second kappa shape index (κ2) is 4.28. The Kier molecular flexibility index (Phi) is 3.41. The van der Waals surface area contributed by atoms with Crippen molar-refractivity contribution < 1.29 is 4.74 Å². The van der Waals surface area contributed by atoms with E-state index < -0.39 is 0 Å². The minimum Gasteiger partial charge on any atom is -0.366 e. The summed E-state index contributed by atoms with van der Waals surface area (Å²) >= 11 is 9.95. The molecule has 2 unspecified atom stereocenters. The smallest absolute Gasteiger partial charge is 0.1000 e. The standard InChI is InChI=1S/C10H12ClIOS/c1-10(5-4-7(6-12)13-10)8-2-3-9(11)14-8/h2-3,7H,4-6H2,1H3. The Bertz CT molecular complexity index is 328. The Hall–Kier alpha value is 0.680. The minimum absolute atomic E-state index is 0.0896. The zero-order chi connectivity index (χ0) is 10.2. The molecule has 1 aromatic rings. The molecule has 2 heterocycles. The van der Waals surface area contributed by atoms with Crippen LogP contribution in [-0.4, -0.2) is 10.5 Å². The maximum Gasteiger partial charge on any atom is 0.1000 e. The summed E-state index contributed by atoms with van der Waals surface area (Å²) in [4.78, 5) is 1.26. The van der Waals surface area contributed by atoms with Gasteiger partial charge < -0.3 is 4.74 Å². The van der Waals surface area contributed by atoms with Crippen molar-refractivity contribution in [3.8, 4) is 0 Å². The molecule has 0 aromatic carbocycles. The first-order valence-electron chi connectivity index (χ1n) is 4.64. The van der Waals surface area contributed by atoms with Gasteiger partial charge in [-0.2, -0.15) is 0 Å². The van der Waals surface area contributed by atoms with Gasteiger partial charge in [0.1, 0.15) is 0 Å². The summed E-state index contributed by atoms with van der Waals surface area (Å²) in [6.07, 6.45) is 2.69. The van der Waals surface area contributed by atoms with Crippen molar-refractivity contribution in [3.63, 3.8) is 0 Å². The van der Waals surface area contributed by atoms with Crippen molar-refractivity contribution in [3.05, 3.63) is 21.3 Å². The number of halogens is 2. The fourth-order valence-electron chi connectivity index (χ4n) is 1.81. The number of hydrogen-bond donors (Lipinski definition) is 0. The quantitative estimate of drug-likeness (QED) is 0.577. The minimum atomic E-state index is -0.0896. The summed E-state index contributed by atoms with van der Waals surface area (Å²) in [5.74, 6) is 0. The molecule has 2 rings (SSSR count). The number of alkyl halides is 1. The van der Waals surface area contributed by atoms with Gasteiger partial charge in [0.15, 0.2) is 0 Å². The SMILES string of the molecule is CC1(c2ccc(Cl)s2)CCC(CI)O1. The first-order chi connectivity index (χ1) is 6.64.